The topological polar surface area (TPSA) is 72.8 Å². The van der Waals surface area contributed by atoms with Gasteiger partial charge in [-0.1, -0.05) is 113 Å². The molecule has 4 atom stereocenters. The lowest BCUT2D eigenvalue weighted by Crippen LogP contribution is -2.54. The number of para-hydroxylation sites is 1. The van der Waals surface area contributed by atoms with E-state index in [4.69, 9.17) is 9.47 Å². The fourth-order valence-corrected chi connectivity index (χ4v) is 5.68. The SMILES string of the molecule is COC(=O)[C@H]1[C@H](c2ccccc2)C(c2ccc(Br)cc2)=C[C@H](C(=O)Oc2ccccc2)[C@]1(O)c1ccccc1. The van der Waals surface area contributed by atoms with Gasteiger partial charge in [0, 0.05) is 10.4 Å². The normalized spacial score (nSPS) is 22.4. The average Bonchev–Trinajstić information content (AvgIpc) is 2.98. The lowest BCUT2D eigenvalue weighted by molar-refractivity contribution is -0.169. The van der Waals surface area contributed by atoms with Crippen molar-refractivity contribution < 1.29 is 24.2 Å². The fraction of sp³-hybridized carbons (Fsp3) is 0.152. The van der Waals surface area contributed by atoms with Gasteiger partial charge in [-0.25, -0.2) is 0 Å². The molecule has 0 aromatic heterocycles. The molecule has 0 fully saturated rings. The van der Waals surface area contributed by atoms with Crippen molar-refractivity contribution in [3.8, 4) is 5.75 Å². The van der Waals surface area contributed by atoms with Crippen LogP contribution in [-0.2, 0) is 19.9 Å². The maximum atomic E-state index is 13.9. The molecule has 5 nitrogen and oxygen atoms in total. The second-order valence-corrected chi connectivity index (χ2v) is 10.3. The summed E-state index contributed by atoms with van der Waals surface area (Å²) in [5, 5.41) is 12.7. The molecule has 0 saturated heterocycles. The number of rotatable bonds is 6. The number of allylic oxidation sites excluding steroid dienone is 1. The van der Waals surface area contributed by atoms with Crippen LogP contribution in [0.15, 0.2) is 126 Å². The summed E-state index contributed by atoms with van der Waals surface area (Å²) in [5.41, 5.74) is 0.793. The van der Waals surface area contributed by atoms with Gasteiger partial charge in [0.15, 0.2) is 0 Å². The van der Waals surface area contributed by atoms with E-state index in [2.05, 4.69) is 15.9 Å². The van der Waals surface area contributed by atoms with Gasteiger partial charge < -0.3 is 14.6 Å². The van der Waals surface area contributed by atoms with Crippen LogP contribution >= 0.6 is 15.9 Å². The van der Waals surface area contributed by atoms with E-state index in [1.165, 1.54) is 7.11 Å². The molecule has 4 aromatic carbocycles. The van der Waals surface area contributed by atoms with Crippen molar-refractivity contribution in [1.82, 2.24) is 0 Å². The quantitative estimate of drug-likeness (QED) is 0.207. The summed E-state index contributed by atoms with van der Waals surface area (Å²) in [6.07, 6.45) is 1.75. The number of ether oxygens (including phenoxy) is 2. The Balaban J connectivity index is 1.79. The van der Waals surface area contributed by atoms with E-state index in [1.807, 2.05) is 66.7 Å². The molecule has 5 rings (SSSR count). The lowest BCUT2D eigenvalue weighted by Gasteiger charge is -2.47. The Hall–Kier alpha value is -4.00. The Morgan fingerprint density at radius 3 is 1.92 bits per heavy atom. The van der Waals surface area contributed by atoms with Crippen LogP contribution in [0.4, 0.5) is 0 Å². The average molecular weight is 583 g/mol. The van der Waals surface area contributed by atoms with Crippen LogP contribution in [0, 0.1) is 11.8 Å². The van der Waals surface area contributed by atoms with Gasteiger partial charge >= 0.3 is 11.9 Å². The second kappa shape index (κ2) is 11.4. The smallest absolute Gasteiger partial charge is 0.321 e. The molecule has 0 spiro atoms. The minimum Gasteiger partial charge on any atom is -0.469 e. The van der Waals surface area contributed by atoms with Crippen LogP contribution < -0.4 is 4.74 Å². The molecular formula is C33H27BrO5. The number of carbonyl (C=O) groups excluding carboxylic acids is 2. The van der Waals surface area contributed by atoms with Gasteiger partial charge in [0.25, 0.3) is 0 Å². The maximum Gasteiger partial charge on any atom is 0.321 e. The monoisotopic (exact) mass is 582 g/mol. The van der Waals surface area contributed by atoms with E-state index in [1.54, 1.807) is 54.6 Å². The van der Waals surface area contributed by atoms with Gasteiger partial charge in [-0.2, -0.15) is 0 Å². The van der Waals surface area contributed by atoms with Crippen molar-refractivity contribution in [2.45, 2.75) is 11.5 Å². The first-order valence-corrected chi connectivity index (χ1v) is 13.4. The van der Waals surface area contributed by atoms with Gasteiger partial charge in [0.2, 0.25) is 0 Å². The van der Waals surface area contributed by atoms with Crippen molar-refractivity contribution in [1.29, 1.82) is 0 Å². The number of hydrogen-bond donors (Lipinski definition) is 1. The van der Waals surface area contributed by atoms with Gasteiger partial charge in [-0.05, 0) is 46.5 Å². The summed E-state index contributed by atoms with van der Waals surface area (Å²) in [4.78, 5) is 27.6. The highest BCUT2D eigenvalue weighted by Crippen LogP contribution is 2.55. The van der Waals surface area contributed by atoms with E-state index < -0.39 is 35.3 Å². The maximum absolute atomic E-state index is 13.9. The van der Waals surface area contributed by atoms with Crippen molar-refractivity contribution in [2.75, 3.05) is 7.11 Å². The Bertz CT molecular complexity index is 1470. The summed E-state index contributed by atoms with van der Waals surface area (Å²) in [7, 11) is 1.30. The van der Waals surface area contributed by atoms with Crippen LogP contribution in [0.1, 0.15) is 22.6 Å². The third kappa shape index (κ3) is 5.18. The zero-order chi connectivity index (χ0) is 27.4. The molecule has 39 heavy (non-hydrogen) atoms. The highest BCUT2D eigenvalue weighted by molar-refractivity contribution is 9.10. The molecule has 196 valence electrons. The molecule has 1 N–H and O–H groups in total. The zero-order valence-corrected chi connectivity index (χ0v) is 22.8. The van der Waals surface area contributed by atoms with Crippen LogP contribution in [0.25, 0.3) is 5.57 Å². The molecule has 0 saturated carbocycles. The highest BCUT2D eigenvalue weighted by Gasteiger charge is 2.59. The molecular weight excluding hydrogens is 556 g/mol. The van der Waals surface area contributed by atoms with Crippen LogP contribution in [0.5, 0.6) is 5.75 Å². The van der Waals surface area contributed by atoms with Crippen LogP contribution in [0.3, 0.4) is 0 Å². The number of aliphatic hydroxyl groups is 1. The standard InChI is InChI=1S/C33H27BrO5/c1-38-32(36)30-29(23-11-5-2-6-12-23)27(22-17-19-25(34)20-18-22)21-28(31(35)39-26-15-9-4-10-16-26)33(30,37)24-13-7-3-8-14-24/h2-21,28-30,37H,1H3/t28-,29-,30-,33-/m1/s1. The molecule has 4 aromatic rings. The molecule has 0 amide bonds. The Kier molecular flexibility index (Phi) is 7.77. The van der Waals surface area contributed by atoms with Gasteiger partial charge in [0.05, 0.1) is 7.11 Å². The number of hydrogen-bond acceptors (Lipinski definition) is 5. The fourth-order valence-electron chi connectivity index (χ4n) is 5.41. The van der Waals surface area contributed by atoms with E-state index >= 15 is 0 Å². The van der Waals surface area contributed by atoms with E-state index in [9.17, 15) is 14.7 Å². The summed E-state index contributed by atoms with van der Waals surface area (Å²) in [6.45, 7) is 0. The van der Waals surface area contributed by atoms with Gasteiger partial charge in [-0.15, -0.1) is 0 Å². The van der Waals surface area contributed by atoms with Gasteiger partial charge in [-0.3, -0.25) is 9.59 Å². The predicted octanol–water partition coefficient (Wildman–Crippen LogP) is 6.53. The summed E-state index contributed by atoms with van der Waals surface area (Å²) in [6, 6.07) is 34.7. The van der Waals surface area contributed by atoms with Crippen molar-refractivity contribution in [2.24, 2.45) is 11.8 Å². The van der Waals surface area contributed by atoms with Crippen LogP contribution in [0.2, 0.25) is 0 Å². The minimum absolute atomic E-state index is 0.344. The molecule has 0 radical (unpaired) electrons. The van der Waals surface area contributed by atoms with E-state index in [0.717, 1.165) is 21.2 Å². The van der Waals surface area contributed by atoms with Crippen LogP contribution in [-0.4, -0.2) is 24.2 Å². The third-order valence-electron chi connectivity index (χ3n) is 7.21. The highest BCUT2D eigenvalue weighted by atomic mass is 79.9. The number of benzene rings is 4. The van der Waals surface area contributed by atoms with E-state index in [-0.39, 0.29) is 0 Å². The zero-order valence-electron chi connectivity index (χ0n) is 21.2. The molecule has 0 heterocycles. The van der Waals surface area contributed by atoms with Crippen molar-refractivity contribution in [3.63, 3.8) is 0 Å². The predicted molar refractivity (Wildman–Crippen MR) is 153 cm³/mol. The number of carbonyl (C=O) groups is 2. The van der Waals surface area contributed by atoms with Crippen molar-refractivity contribution >= 4 is 33.4 Å². The number of esters is 2. The van der Waals surface area contributed by atoms with Gasteiger partial charge in [0.1, 0.15) is 23.2 Å². The Morgan fingerprint density at radius 1 is 0.769 bits per heavy atom. The largest absolute Gasteiger partial charge is 0.469 e. The second-order valence-electron chi connectivity index (χ2n) is 9.42. The first-order chi connectivity index (χ1) is 18.9. The first kappa shape index (κ1) is 26.6. The van der Waals surface area contributed by atoms with E-state index in [0.29, 0.717) is 11.3 Å². The van der Waals surface area contributed by atoms with Crippen molar-refractivity contribution in [3.05, 3.63) is 143 Å². The minimum atomic E-state index is -1.97. The lowest BCUT2D eigenvalue weighted by atomic mass is 9.59. The Labute approximate surface area is 235 Å². The molecule has 6 heteroatoms. The number of halogens is 1. The summed E-state index contributed by atoms with van der Waals surface area (Å²) in [5.74, 6) is -3.97. The number of methoxy groups -OCH3 is 1. The Morgan fingerprint density at radius 2 is 1.33 bits per heavy atom. The molecule has 0 bridgehead atoms. The molecule has 1 aliphatic carbocycles. The molecule has 0 unspecified atom stereocenters. The summed E-state index contributed by atoms with van der Waals surface area (Å²) >= 11 is 3.49. The molecule has 0 aliphatic heterocycles. The third-order valence-corrected chi connectivity index (χ3v) is 7.73. The first-order valence-electron chi connectivity index (χ1n) is 12.6. The molecule has 1 aliphatic rings. The summed E-state index contributed by atoms with van der Waals surface area (Å²) < 4.78 is 12.0.